The first kappa shape index (κ1) is 76.5. The van der Waals surface area contributed by atoms with Gasteiger partial charge in [0.15, 0.2) is 0 Å². The normalized spacial score (nSPS) is 14.8. The number of hydrogen-bond acceptors (Lipinski definition) is 19. The molecule has 0 radical (unpaired) electrons. The Bertz CT molecular complexity index is 2890. The monoisotopic (exact) mass is 1300 g/mol. The lowest BCUT2D eigenvalue weighted by molar-refractivity contribution is -0.142. The van der Waals surface area contributed by atoms with Crippen LogP contribution in [0.3, 0.4) is 0 Å². The Hall–Kier alpha value is -8.72. The summed E-state index contributed by atoms with van der Waals surface area (Å²) >= 11 is 1.44. The Balaban J connectivity index is 1.80. The lowest BCUT2D eigenvalue weighted by Gasteiger charge is -2.28. The van der Waals surface area contributed by atoms with Crippen LogP contribution in [0, 0.1) is 11.8 Å². The minimum atomic E-state index is -2.06. The molecule has 0 aliphatic carbocycles. The highest BCUT2D eigenvalue weighted by Gasteiger charge is 2.37. The predicted molar refractivity (Wildman–Crippen MR) is 333 cm³/mol. The molecule has 21 N–H and O–H groups in total. The average Bonchev–Trinajstić information content (AvgIpc) is 2.19. The van der Waals surface area contributed by atoms with E-state index in [0.717, 1.165) is 6.92 Å². The summed E-state index contributed by atoms with van der Waals surface area (Å²) in [5.41, 5.74) is 18.9. The number of aromatic hydroxyl groups is 1. The van der Waals surface area contributed by atoms with E-state index in [0.29, 0.717) is 29.0 Å². The van der Waals surface area contributed by atoms with Crippen molar-refractivity contribution < 1.29 is 78.0 Å². The van der Waals surface area contributed by atoms with Crippen LogP contribution in [0.25, 0.3) is 0 Å². The van der Waals surface area contributed by atoms with Crippen molar-refractivity contribution in [3.05, 3.63) is 83.9 Å². The van der Waals surface area contributed by atoms with Crippen LogP contribution in [0.5, 0.6) is 5.75 Å². The molecule has 31 nitrogen and oxygen atoms in total. The number of phenolic OH excluding ortho intramolecular Hbond substituents is 1. The van der Waals surface area contributed by atoms with Crippen LogP contribution in [0.1, 0.15) is 90.0 Å². The van der Waals surface area contributed by atoms with Gasteiger partial charge in [0.2, 0.25) is 65.0 Å². The van der Waals surface area contributed by atoms with Gasteiger partial charge in [0.25, 0.3) is 0 Å². The van der Waals surface area contributed by atoms with Crippen molar-refractivity contribution in [2.75, 3.05) is 31.7 Å². The topological polar surface area (TPSA) is 513 Å². The number of benzene rings is 2. The zero-order chi connectivity index (χ0) is 67.9. The van der Waals surface area contributed by atoms with Gasteiger partial charge in [-0.3, -0.25) is 57.5 Å². The molecule has 32 heteroatoms. The number of rotatable bonds is 41. The van der Waals surface area contributed by atoms with Gasteiger partial charge in [0.05, 0.1) is 38.0 Å². The molecule has 11 atom stereocenters. The summed E-state index contributed by atoms with van der Waals surface area (Å²) in [5.74, 6) is -12.4. The number of carboxylic acid groups (broad SMARTS) is 1. The number of nitrogens with one attached hydrogen (secondary N) is 11. The Labute approximate surface area is 531 Å². The number of phenols is 1. The van der Waals surface area contributed by atoms with Crippen molar-refractivity contribution in [3.8, 4) is 5.75 Å². The van der Waals surface area contributed by atoms with E-state index in [9.17, 15) is 78.0 Å². The first-order valence-electron chi connectivity index (χ1n) is 29.6. The minimum Gasteiger partial charge on any atom is -0.508 e. The molecule has 1 aromatic heterocycles. The largest absolute Gasteiger partial charge is 0.508 e. The second kappa shape index (κ2) is 39.4. The van der Waals surface area contributed by atoms with Gasteiger partial charge in [-0.2, -0.15) is 11.8 Å². The van der Waals surface area contributed by atoms with E-state index in [1.165, 1.54) is 36.4 Å². The first-order chi connectivity index (χ1) is 43.1. The van der Waals surface area contributed by atoms with Gasteiger partial charge in [-0.05, 0) is 99.1 Å². The Kier molecular flexibility index (Phi) is 33.1. The molecule has 1 heterocycles. The molecule has 0 aliphatic rings. The smallest absolute Gasteiger partial charge is 0.305 e. The molecule has 0 fully saturated rings. The number of thioether (sulfide) groups is 1. The average molecular weight is 1300 g/mol. The second-order valence-electron chi connectivity index (χ2n) is 22.5. The van der Waals surface area contributed by atoms with E-state index in [1.807, 2.05) is 20.1 Å². The summed E-state index contributed by atoms with van der Waals surface area (Å²) in [6.45, 7) is 6.25. The van der Waals surface area contributed by atoms with Crippen LogP contribution < -0.4 is 70.4 Å². The fourth-order valence-corrected chi connectivity index (χ4v) is 9.50. The quantitative estimate of drug-likeness (QED) is 0.0240. The highest BCUT2D eigenvalue weighted by molar-refractivity contribution is 7.98. The molecule has 0 spiro atoms. The van der Waals surface area contributed by atoms with Gasteiger partial charge in [0.1, 0.15) is 60.1 Å². The summed E-state index contributed by atoms with van der Waals surface area (Å²) < 4.78 is 0. The maximum absolute atomic E-state index is 14.2. The van der Waals surface area contributed by atoms with Crippen LogP contribution >= 0.6 is 11.8 Å². The summed E-state index contributed by atoms with van der Waals surface area (Å²) in [5, 5.41) is 65.3. The number of aliphatic hydroxyl groups is 2. The molecule has 2 aromatic carbocycles. The number of imidazole rings is 1. The number of carbonyl (C=O) groups is 12. The minimum absolute atomic E-state index is 0.00537. The molecular formula is C59H89N15O16S. The van der Waals surface area contributed by atoms with E-state index in [2.05, 4.69) is 63.1 Å². The molecule has 0 saturated carbocycles. The van der Waals surface area contributed by atoms with E-state index < -0.39 is 163 Å². The zero-order valence-corrected chi connectivity index (χ0v) is 52.6. The molecule has 502 valence electrons. The molecule has 0 saturated heterocycles. The summed E-state index contributed by atoms with van der Waals surface area (Å²) in [6.07, 6.45) is 2.23. The van der Waals surface area contributed by atoms with Crippen LogP contribution in [-0.4, -0.2) is 200 Å². The van der Waals surface area contributed by atoms with Crippen LogP contribution in [-0.2, 0) is 76.8 Å². The summed E-state index contributed by atoms with van der Waals surface area (Å²) in [4.78, 5) is 169. The third kappa shape index (κ3) is 27.5. The molecule has 11 amide bonds. The highest BCUT2D eigenvalue weighted by atomic mass is 32.2. The predicted octanol–water partition coefficient (Wildman–Crippen LogP) is -4.13. The number of aliphatic hydroxyl groups excluding tert-OH is 2. The number of primary amides is 1. The van der Waals surface area contributed by atoms with Gasteiger partial charge >= 0.3 is 5.97 Å². The lowest BCUT2D eigenvalue weighted by Crippen LogP contribution is -2.62. The standard InChI is InChI=1S/C59H89N15O16S/c1-31(2)22-41(53(84)67-39(50(62)81)19-21-91-6)66-46(78)28-64-58(89)48(32(3)4)73-56(87)42(24-34-12-8-7-9-13-34)70-57(88)45(29-75)72-55(86)44(26-47(79)80)71-59(90)49(33(5)76)74-52(83)40(14-10-11-20-60)68-54(85)43(25-36-27-63-30-65-36)69-51(82)38(61)23-35-15-17-37(77)18-16-35/h7-9,12-13,15-18,27,30-33,38-45,48-49,75-77H,10-11,14,19-26,28-29,60-61H2,1-6H3,(H2,62,81)(H,63,65)(H,64,89)(H,66,78)(H,67,84)(H,68,85)(H,69,82)(H,70,88)(H,71,90)(H,72,86)(H,73,87)(H,74,83)(H,79,80)/t33-,38+,39+,40+,41+,42+,43+,44+,45+,48+,49+/m1/s1. The Morgan fingerprint density at radius 3 is 1.70 bits per heavy atom. The highest BCUT2D eigenvalue weighted by Crippen LogP contribution is 2.14. The van der Waals surface area contributed by atoms with Gasteiger partial charge < -0.3 is 95.8 Å². The number of carbonyl (C=O) groups excluding carboxylic acids is 11. The molecule has 3 rings (SSSR count). The van der Waals surface area contributed by atoms with Crippen molar-refractivity contribution >= 4 is 82.7 Å². The van der Waals surface area contributed by atoms with Gasteiger partial charge in [-0.15, -0.1) is 0 Å². The van der Waals surface area contributed by atoms with E-state index in [-0.39, 0.29) is 63.2 Å². The maximum Gasteiger partial charge on any atom is 0.305 e. The molecule has 3 aromatic rings. The van der Waals surface area contributed by atoms with E-state index in [1.54, 1.807) is 56.3 Å². The number of aromatic nitrogens is 2. The van der Waals surface area contributed by atoms with Crippen molar-refractivity contribution in [1.82, 2.24) is 63.1 Å². The van der Waals surface area contributed by atoms with E-state index >= 15 is 0 Å². The Morgan fingerprint density at radius 2 is 1.13 bits per heavy atom. The number of nitrogens with zero attached hydrogens (tertiary/aromatic N) is 1. The molecular weight excluding hydrogens is 1210 g/mol. The third-order valence-electron chi connectivity index (χ3n) is 14.0. The van der Waals surface area contributed by atoms with Gasteiger partial charge in [-0.25, -0.2) is 4.98 Å². The van der Waals surface area contributed by atoms with Crippen molar-refractivity contribution in [2.45, 2.75) is 159 Å². The fourth-order valence-electron chi connectivity index (χ4n) is 9.03. The Morgan fingerprint density at radius 1 is 0.593 bits per heavy atom. The molecule has 0 unspecified atom stereocenters. The third-order valence-corrected chi connectivity index (χ3v) is 14.7. The second-order valence-corrected chi connectivity index (χ2v) is 23.5. The number of aliphatic carboxylic acids is 1. The van der Waals surface area contributed by atoms with Gasteiger partial charge in [0, 0.05) is 24.7 Å². The van der Waals surface area contributed by atoms with Crippen molar-refractivity contribution in [2.24, 2.45) is 29.0 Å². The maximum atomic E-state index is 14.2. The first-order valence-corrected chi connectivity index (χ1v) is 31.0. The number of H-pyrrole nitrogens is 1. The summed E-state index contributed by atoms with van der Waals surface area (Å²) in [7, 11) is 0. The van der Waals surface area contributed by atoms with Crippen molar-refractivity contribution in [1.29, 1.82) is 0 Å². The number of aromatic amines is 1. The number of hydrogen-bond donors (Lipinski definition) is 18. The number of nitrogens with two attached hydrogens (primary N) is 3. The van der Waals surface area contributed by atoms with Crippen LogP contribution in [0.4, 0.5) is 0 Å². The van der Waals surface area contributed by atoms with Crippen LogP contribution in [0.15, 0.2) is 67.1 Å². The number of amides is 11. The number of carboxylic acids is 1. The van der Waals surface area contributed by atoms with Crippen molar-refractivity contribution in [3.63, 3.8) is 0 Å². The van der Waals surface area contributed by atoms with Gasteiger partial charge in [-0.1, -0.05) is 70.2 Å². The molecule has 0 aliphatic heterocycles. The van der Waals surface area contributed by atoms with Crippen LogP contribution in [0.2, 0.25) is 0 Å². The fraction of sp³-hybridized carbons (Fsp3) is 0.542. The van der Waals surface area contributed by atoms with E-state index in [4.69, 9.17) is 17.2 Å². The zero-order valence-electron chi connectivity index (χ0n) is 51.8. The molecule has 0 bridgehead atoms. The lowest BCUT2D eigenvalue weighted by atomic mass is 10.0. The molecule has 91 heavy (non-hydrogen) atoms. The SMILES string of the molecule is CSCC[C@H](NC(=O)[C@H](CC(C)C)NC(=O)CNC(=O)[C@@H](NC(=O)[C@H](Cc1ccccc1)NC(=O)[C@H](CO)NC(=O)[C@H](CC(=O)O)NC(=O)[C@@H](NC(=O)[C@H](CCCCN)NC(=O)[C@H](Cc1cnc[nH]1)NC(=O)[C@@H](N)Cc1ccc(O)cc1)[C@@H](C)O)C(C)C)C(N)=O. The summed E-state index contributed by atoms with van der Waals surface area (Å²) in [6, 6.07) is -0.749. The number of unbranched alkanes of at least 4 members (excludes halogenated alkanes) is 1.